The number of nitro groups is 1. The van der Waals surface area contributed by atoms with Crippen LogP contribution in [0.25, 0.3) is 0 Å². The highest BCUT2D eigenvalue weighted by molar-refractivity contribution is 9.10. The first-order valence-corrected chi connectivity index (χ1v) is 3.47. The number of hydrogen-bond donors (Lipinski definition) is 1. The van der Waals surface area contributed by atoms with E-state index in [-0.39, 0.29) is 28.5 Å². The molecular formula is C5H5Br2N3O2. The Balaban J connectivity index is 0.00000121. The van der Waals surface area contributed by atoms with Gasteiger partial charge in [-0.1, -0.05) is 0 Å². The van der Waals surface area contributed by atoms with E-state index in [4.69, 9.17) is 5.73 Å². The van der Waals surface area contributed by atoms with Crippen molar-refractivity contribution >= 4 is 44.4 Å². The number of anilines is 1. The Morgan fingerprint density at radius 2 is 2.17 bits per heavy atom. The van der Waals surface area contributed by atoms with Gasteiger partial charge in [0, 0.05) is 6.07 Å². The van der Waals surface area contributed by atoms with Crippen LogP contribution in [0.4, 0.5) is 11.5 Å². The van der Waals surface area contributed by atoms with Gasteiger partial charge in [-0.25, -0.2) is 4.98 Å². The van der Waals surface area contributed by atoms with Gasteiger partial charge in [0.1, 0.15) is 4.60 Å². The third-order valence-electron chi connectivity index (χ3n) is 1.07. The van der Waals surface area contributed by atoms with Gasteiger partial charge in [-0.15, -0.1) is 17.0 Å². The summed E-state index contributed by atoms with van der Waals surface area (Å²) in [5, 5.41) is 10.2. The van der Waals surface area contributed by atoms with E-state index in [1.807, 2.05) is 0 Å². The average Bonchev–Trinajstić information content (AvgIpc) is 1.85. The van der Waals surface area contributed by atoms with Crippen LogP contribution in [0, 0.1) is 10.1 Å². The predicted octanol–water partition coefficient (Wildman–Crippen LogP) is 1.91. The number of halogens is 2. The summed E-state index contributed by atoms with van der Waals surface area (Å²) in [6.45, 7) is 0. The molecule has 1 aromatic heterocycles. The molecule has 1 rings (SSSR count). The fourth-order valence-corrected chi connectivity index (χ4v) is 0.920. The molecule has 0 aliphatic carbocycles. The van der Waals surface area contributed by atoms with Crippen LogP contribution in [-0.4, -0.2) is 9.91 Å². The molecule has 2 N–H and O–H groups in total. The van der Waals surface area contributed by atoms with Crippen LogP contribution in [0.15, 0.2) is 16.7 Å². The molecule has 0 spiro atoms. The Morgan fingerprint density at radius 3 is 2.58 bits per heavy atom. The topological polar surface area (TPSA) is 82.0 Å². The Hall–Kier alpha value is -0.690. The van der Waals surface area contributed by atoms with E-state index in [9.17, 15) is 10.1 Å². The number of pyridine rings is 1. The third kappa shape index (κ3) is 2.42. The maximum Gasteiger partial charge on any atom is 0.311 e. The SMILES string of the molecule is Br.Nc1nc(Br)ccc1[N+](=O)[O-]. The number of aromatic nitrogens is 1. The number of nitrogens with two attached hydrogens (primary N) is 1. The van der Waals surface area contributed by atoms with Crippen LogP contribution in [0.2, 0.25) is 0 Å². The van der Waals surface area contributed by atoms with Crippen molar-refractivity contribution in [3.8, 4) is 0 Å². The van der Waals surface area contributed by atoms with E-state index in [1.54, 1.807) is 0 Å². The molecule has 7 heteroatoms. The molecular weight excluding hydrogens is 294 g/mol. The molecule has 1 heterocycles. The van der Waals surface area contributed by atoms with Gasteiger partial charge in [0.15, 0.2) is 0 Å². The smallest absolute Gasteiger partial charge is 0.311 e. The normalized spacial score (nSPS) is 8.75. The van der Waals surface area contributed by atoms with Crippen molar-refractivity contribution in [2.45, 2.75) is 0 Å². The Bertz CT molecular complexity index is 305. The fraction of sp³-hybridized carbons (Fsp3) is 0. The lowest BCUT2D eigenvalue weighted by molar-refractivity contribution is -0.384. The Kier molecular flexibility index (Phi) is 4.11. The molecule has 66 valence electrons. The zero-order valence-corrected chi connectivity index (χ0v) is 9.03. The summed E-state index contributed by atoms with van der Waals surface area (Å²) < 4.78 is 0.487. The number of nitrogens with zero attached hydrogens (tertiary/aromatic N) is 2. The maximum absolute atomic E-state index is 10.2. The van der Waals surface area contributed by atoms with Crippen LogP contribution in [-0.2, 0) is 0 Å². The monoisotopic (exact) mass is 297 g/mol. The second-order valence-electron chi connectivity index (χ2n) is 1.80. The summed E-state index contributed by atoms with van der Waals surface area (Å²) >= 11 is 3.03. The first kappa shape index (κ1) is 11.3. The van der Waals surface area contributed by atoms with E-state index in [2.05, 4.69) is 20.9 Å². The molecule has 0 unspecified atom stereocenters. The molecule has 0 saturated heterocycles. The van der Waals surface area contributed by atoms with E-state index in [0.29, 0.717) is 4.60 Å². The van der Waals surface area contributed by atoms with Gasteiger partial charge < -0.3 is 5.73 Å². The molecule has 0 aliphatic heterocycles. The van der Waals surface area contributed by atoms with Crippen molar-refractivity contribution in [3.63, 3.8) is 0 Å². The molecule has 0 bridgehead atoms. The Morgan fingerprint density at radius 1 is 1.58 bits per heavy atom. The number of rotatable bonds is 1. The van der Waals surface area contributed by atoms with Crippen LogP contribution in [0.1, 0.15) is 0 Å². The first-order valence-electron chi connectivity index (χ1n) is 2.67. The van der Waals surface area contributed by atoms with E-state index in [1.165, 1.54) is 12.1 Å². The quantitative estimate of drug-likeness (QED) is 0.488. The lowest BCUT2D eigenvalue weighted by atomic mass is 10.4. The van der Waals surface area contributed by atoms with Crippen molar-refractivity contribution < 1.29 is 4.92 Å². The summed E-state index contributed by atoms with van der Waals surface area (Å²) in [6.07, 6.45) is 0. The lowest BCUT2D eigenvalue weighted by Crippen LogP contribution is -1.97. The van der Waals surface area contributed by atoms with Crippen molar-refractivity contribution in [1.29, 1.82) is 0 Å². The van der Waals surface area contributed by atoms with Gasteiger partial charge >= 0.3 is 5.69 Å². The molecule has 5 nitrogen and oxygen atoms in total. The van der Waals surface area contributed by atoms with Gasteiger partial charge in [0.25, 0.3) is 0 Å². The Labute approximate surface area is 87.0 Å². The predicted molar refractivity (Wildman–Crippen MR) is 53.3 cm³/mol. The highest BCUT2D eigenvalue weighted by Crippen LogP contribution is 2.20. The summed E-state index contributed by atoms with van der Waals surface area (Å²) in [5.74, 6) is -0.0793. The van der Waals surface area contributed by atoms with Gasteiger partial charge in [-0.05, 0) is 22.0 Å². The first-order chi connectivity index (χ1) is 5.11. The minimum atomic E-state index is -0.575. The molecule has 0 aromatic carbocycles. The molecule has 0 aliphatic rings. The van der Waals surface area contributed by atoms with Crippen molar-refractivity contribution in [2.24, 2.45) is 0 Å². The summed E-state index contributed by atoms with van der Waals surface area (Å²) in [7, 11) is 0. The molecule has 0 atom stereocenters. The van der Waals surface area contributed by atoms with Gasteiger partial charge in [0.2, 0.25) is 5.82 Å². The molecule has 0 radical (unpaired) electrons. The zero-order valence-electron chi connectivity index (χ0n) is 5.73. The highest BCUT2D eigenvalue weighted by Gasteiger charge is 2.11. The van der Waals surface area contributed by atoms with Gasteiger partial charge in [-0.2, -0.15) is 0 Å². The maximum atomic E-state index is 10.2. The summed E-state index contributed by atoms with van der Waals surface area (Å²) in [5.41, 5.74) is 5.07. The zero-order chi connectivity index (χ0) is 8.43. The van der Waals surface area contributed by atoms with E-state index < -0.39 is 4.92 Å². The van der Waals surface area contributed by atoms with Crippen LogP contribution >= 0.6 is 32.9 Å². The van der Waals surface area contributed by atoms with Crippen molar-refractivity contribution in [1.82, 2.24) is 4.98 Å². The molecule has 12 heavy (non-hydrogen) atoms. The minimum absolute atomic E-state index is 0. The number of nitrogen functional groups attached to an aromatic ring is 1. The molecule has 0 amide bonds. The minimum Gasteiger partial charge on any atom is -0.378 e. The van der Waals surface area contributed by atoms with E-state index in [0.717, 1.165) is 0 Å². The van der Waals surface area contributed by atoms with Crippen molar-refractivity contribution in [2.75, 3.05) is 5.73 Å². The second kappa shape index (κ2) is 4.36. The van der Waals surface area contributed by atoms with E-state index >= 15 is 0 Å². The summed E-state index contributed by atoms with van der Waals surface area (Å²) in [4.78, 5) is 13.3. The van der Waals surface area contributed by atoms with Gasteiger partial charge in [-0.3, -0.25) is 10.1 Å². The van der Waals surface area contributed by atoms with Crippen LogP contribution in [0.5, 0.6) is 0 Å². The van der Waals surface area contributed by atoms with Crippen LogP contribution in [0.3, 0.4) is 0 Å². The highest BCUT2D eigenvalue weighted by atomic mass is 79.9. The molecule has 0 saturated carbocycles. The van der Waals surface area contributed by atoms with Crippen molar-refractivity contribution in [3.05, 3.63) is 26.9 Å². The second-order valence-corrected chi connectivity index (χ2v) is 2.61. The fourth-order valence-electron chi connectivity index (χ4n) is 0.597. The average molecular weight is 299 g/mol. The standard InChI is InChI=1S/C5H4BrN3O2.BrH/c6-4-2-1-3(9(10)11)5(7)8-4;/h1-2H,(H2,7,8);1H. The van der Waals surface area contributed by atoms with Gasteiger partial charge in [0.05, 0.1) is 4.92 Å². The molecule has 0 fully saturated rings. The molecule has 1 aromatic rings. The largest absolute Gasteiger partial charge is 0.378 e. The number of hydrogen-bond acceptors (Lipinski definition) is 4. The third-order valence-corrected chi connectivity index (χ3v) is 1.51. The summed E-state index contributed by atoms with van der Waals surface area (Å²) in [6, 6.07) is 2.76. The van der Waals surface area contributed by atoms with Crippen LogP contribution < -0.4 is 5.73 Å². The lowest BCUT2D eigenvalue weighted by Gasteiger charge is -1.94.